The lowest BCUT2D eigenvalue weighted by molar-refractivity contribution is -0.128. The molecule has 34 heavy (non-hydrogen) atoms. The highest BCUT2D eigenvalue weighted by molar-refractivity contribution is 7.89. The van der Waals surface area contributed by atoms with Crippen molar-refractivity contribution in [3.8, 4) is 0 Å². The van der Waals surface area contributed by atoms with Crippen LogP contribution < -0.4 is 10.2 Å². The van der Waals surface area contributed by atoms with Crippen molar-refractivity contribution in [2.75, 3.05) is 29.9 Å². The molecule has 0 radical (unpaired) electrons. The molecule has 4 rings (SSSR count). The number of hydrogen-bond donors (Lipinski definition) is 1. The number of nitrogens with zero attached hydrogens (tertiary/aromatic N) is 2. The van der Waals surface area contributed by atoms with Gasteiger partial charge in [-0.25, -0.2) is 13.2 Å². The number of esters is 1. The van der Waals surface area contributed by atoms with Gasteiger partial charge in [-0.1, -0.05) is 24.6 Å². The van der Waals surface area contributed by atoms with Gasteiger partial charge in [-0.3, -0.25) is 14.5 Å². The molecule has 0 bridgehead atoms. The van der Waals surface area contributed by atoms with Gasteiger partial charge in [0.25, 0.3) is 5.91 Å². The summed E-state index contributed by atoms with van der Waals surface area (Å²) in [6.45, 7) is 3.51. The number of rotatable bonds is 5. The van der Waals surface area contributed by atoms with Crippen LogP contribution in [0.2, 0.25) is 0 Å². The first-order chi connectivity index (χ1) is 16.1. The average molecular weight is 486 g/mol. The molecule has 9 nitrogen and oxygen atoms in total. The highest BCUT2D eigenvalue weighted by atomic mass is 32.2. The summed E-state index contributed by atoms with van der Waals surface area (Å²) in [4.78, 5) is 39.6. The second-order valence-electron chi connectivity index (χ2n) is 8.83. The number of carbonyl (C=O) groups is 3. The van der Waals surface area contributed by atoms with E-state index >= 15 is 0 Å². The minimum Gasteiger partial charge on any atom is -0.452 e. The third-order valence-electron chi connectivity index (χ3n) is 6.11. The van der Waals surface area contributed by atoms with Crippen molar-refractivity contribution in [2.24, 2.45) is 0 Å². The van der Waals surface area contributed by atoms with Crippen LogP contribution in [-0.2, 0) is 24.3 Å². The van der Waals surface area contributed by atoms with Gasteiger partial charge < -0.3 is 10.1 Å². The lowest BCUT2D eigenvalue weighted by Gasteiger charge is -2.41. The summed E-state index contributed by atoms with van der Waals surface area (Å²) >= 11 is 0. The highest BCUT2D eigenvalue weighted by Gasteiger charge is 2.43. The highest BCUT2D eigenvalue weighted by Crippen LogP contribution is 2.36. The molecule has 0 aromatic heterocycles. The molecule has 0 spiro atoms. The van der Waals surface area contributed by atoms with E-state index in [0.717, 1.165) is 19.3 Å². The Morgan fingerprint density at radius 1 is 1.03 bits per heavy atom. The van der Waals surface area contributed by atoms with Crippen LogP contribution in [0.1, 0.15) is 43.5 Å². The number of para-hydroxylation sites is 2. The normalized spacial score (nSPS) is 18.1. The second kappa shape index (κ2) is 9.19. The van der Waals surface area contributed by atoms with Crippen LogP contribution in [0.3, 0.4) is 0 Å². The fourth-order valence-corrected chi connectivity index (χ4v) is 5.77. The molecule has 2 aliphatic heterocycles. The van der Waals surface area contributed by atoms with E-state index in [1.54, 1.807) is 38.1 Å². The number of ether oxygens (including phenoxy) is 1. The molecule has 180 valence electrons. The van der Waals surface area contributed by atoms with Gasteiger partial charge in [0.15, 0.2) is 6.61 Å². The van der Waals surface area contributed by atoms with Gasteiger partial charge in [0.2, 0.25) is 15.9 Å². The van der Waals surface area contributed by atoms with Crippen LogP contribution in [0, 0.1) is 0 Å². The van der Waals surface area contributed by atoms with Crippen molar-refractivity contribution in [3.63, 3.8) is 0 Å². The summed E-state index contributed by atoms with van der Waals surface area (Å²) in [6.07, 6.45) is 2.60. The summed E-state index contributed by atoms with van der Waals surface area (Å²) in [6, 6.07) is 12.5. The lowest BCUT2D eigenvalue weighted by Crippen LogP contribution is -2.59. The molecule has 0 atom stereocenters. The van der Waals surface area contributed by atoms with E-state index in [1.807, 2.05) is 0 Å². The smallest absolute Gasteiger partial charge is 0.338 e. The number of hydrogen-bond acceptors (Lipinski definition) is 6. The first-order valence-corrected chi connectivity index (χ1v) is 12.6. The van der Waals surface area contributed by atoms with E-state index < -0.39 is 34.0 Å². The minimum atomic E-state index is -3.72. The molecule has 1 fully saturated rings. The monoisotopic (exact) mass is 485 g/mol. The Morgan fingerprint density at radius 3 is 2.47 bits per heavy atom. The van der Waals surface area contributed by atoms with Crippen LogP contribution in [0.4, 0.5) is 11.4 Å². The molecule has 0 saturated carbocycles. The van der Waals surface area contributed by atoms with E-state index in [9.17, 15) is 22.8 Å². The van der Waals surface area contributed by atoms with Crippen LogP contribution in [-0.4, -0.2) is 55.7 Å². The Labute approximate surface area is 198 Å². The standard InChI is InChI=1S/C24H27N3O6S/c1-24(2)23(30)25-19-11-4-5-12-20(19)27(24)21(28)16-33-22(29)17-9-8-10-18(15-17)34(31,32)26-13-6-3-7-14-26/h4-5,8-12,15H,3,6-7,13-14,16H2,1-2H3,(H,25,30). The molecular formula is C24H27N3O6S. The first kappa shape index (κ1) is 23.9. The molecule has 2 aromatic rings. The van der Waals surface area contributed by atoms with Gasteiger partial charge in [0.05, 0.1) is 21.8 Å². The Bertz CT molecular complexity index is 1230. The van der Waals surface area contributed by atoms with Crippen molar-refractivity contribution in [3.05, 3.63) is 54.1 Å². The second-order valence-corrected chi connectivity index (χ2v) is 10.8. The quantitative estimate of drug-likeness (QED) is 0.652. The molecule has 1 saturated heterocycles. The maximum absolute atomic E-state index is 13.1. The largest absolute Gasteiger partial charge is 0.452 e. The van der Waals surface area contributed by atoms with Crippen molar-refractivity contribution in [2.45, 2.75) is 43.5 Å². The maximum atomic E-state index is 13.1. The number of piperidine rings is 1. The number of carbonyl (C=O) groups excluding carboxylic acids is 3. The summed E-state index contributed by atoms with van der Waals surface area (Å²) in [5.41, 5.74) is -0.174. The van der Waals surface area contributed by atoms with Crippen LogP contribution >= 0.6 is 0 Å². The van der Waals surface area contributed by atoms with E-state index in [-0.39, 0.29) is 16.4 Å². The van der Waals surface area contributed by atoms with Crippen molar-refractivity contribution in [1.29, 1.82) is 0 Å². The summed E-state index contributed by atoms with van der Waals surface area (Å²) in [5, 5.41) is 2.77. The molecule has 2 heterocycles. The molecular weight excluding hydrogens is 458 g/mol. The number of nitrogens with one attached hydrogen (secondary N) is 1. The summed E-state index contributed by atoms with van der Waals surface area (Å²) in [5.74, 6) is -1.75. The molecule has 2 amide bonds. The van der Waals surface area contributed by atoms with Gasteiger partial charge in [0.1, 0.15) is 5.54 Å². The summed E-state index contributed by atoms with van der Waals surface area (Å²) < 4.78 is 32.5. The van der Waals surface area contributed by atoms with Crippen LogP contribution in [0.15, 0.2) is 53.4 Å². The Morgan fingerprint density at radius 2 is 1.74 bits per heavy atom. The van der Waals surface area contributed by atoms with Gasteiger partial charge in [0, 0.05) is 13.1 Å². The fraction of sp³-hybridized carbons (Fsp3) is 0.375. The Hall–Kier alpha value is -3.24. The van der Waals surface area contributed by atoms with Crippen LogP contribution in [0.25, 0.3) is 0 Å². The SMILES string of the molecule is CC1(C)C(=O)Nc2ccccc2N1C(=O)COC(=O)c1cccc(S(=O)(=O)N2CCCCC2)c1. The van der Waals surface area contributed by atoms with E-state index in [1.165, 1.54) is 33.5 Å². The predicted molar refractivity (Wildman–Crippen MR) is 126 cm³/mol. The van der Waals surface area contributed by atoms with Crippen molar-refractivity contribution in [1.82, 2.24) is 4.31 Å². The fourth-order valence-electron chi connectivity index (χ4n) is 4.21. The van der Waals surface area contributed by atoms with Crippen LogP contribution in [0.5, 0.6) is 0 Å². The molecule has 10 heteroatoms. The minimum absolute atomic E-state index is 0.0120. The average Bonchev–Trinajstić information content (AvgIpc) is 2.83. The number of benzene rings is 2. The zero-order valence-electron chi connectivity index (χ0n) is 19.1. The molecule has 1 N–H and O–H groups in total. The van der Waals surface area contributed by atoms with E-state index in [2.05, 4.69) is 5.32 Å². The first-order valence-electron chi connectivity index (χ1n) is 11.1. The van der Waals surface area contributed by atoms with Gasteiger partial charge in [-0.05, 0) is 57.0 Å². The summed E-state index contributed by atoms with van der Waals surface area (Å²) in [7, 11) is -3.72. The lowest BCUT2D eigenvalue weighted by atomic mass is 9.96. The van der Waals surface area contributed by atoms with Gasteiger partial charge in [-0.15, -0.1) is 0 Å². The number of sulfonamides is 1. The van der Waals surface area contributed by atoms with Gasteiger partial charge >= 0.3 is 5.97 Å². The Kier molecular flexibility index (Phi) is 6.46. The third-order valence-corrected chi connectivity index (χ3v) is 8.00. The Balaban J connectivity index is 1.50. The van der Waals surface area contributed by atoms with Gasteiger partial charge in [-0.2, -0.15) is 4.31 Å². The number of fused-ring (bicyclic) bond motifs is 1. The van der Waals surface area contributed by atoms with Crippen molar-refractivity contribution >= 4 is 39.2 Å². The zero-order valence-corrected chi connectivity index (χ0v) is 19.9. The molecule has 0 unspecified atom stereocenters. The third kappa shape index (κ3) is 4.43. The number of anilines is 2. The van der Waals surface area contributed by atoms with E-state index in [0.29, 0.717) is 24.5 Å². The zero-order chi connectivity index (χ0) is 24.5. The molecule has 2 aliphatic rings. The predicted octanol–water partition coefficient (Wildman–Crippen LogP) is 2.78. The van der Waals surface area contributed by atoms with E-state index in [4.69, 9.17) is 4.74 Å². The number of amides is 2. The molecule has 0 aliphatic carbocycles. The topological polar surface area (TPSA) is 113 Å². The molecule has 2 aromatic carbocycles. The maximum Gasteiger partial charge on any atom is 0.338 e. The van der Waals surface area contributed by atoms with Crippen molar-refractivity contribution < 1.29 is 27.5 Å².